The molecule has 1 unspecified atom stereocenters. The normalized spacial score (nSPS) is 11.7. The van der Waals surface area contributed by atoms with Crippen molar-refractivity contribution in [3.8, 4) is 5.69 Å². The summed E-state index contributed by atoms with van der Waals surface area (Å²) in [5.74, 6) is 0.720. The molecule has 42 heavy (non-hydrogen) atoms. The second-order valence-electron chi connectivity index (χ2n) is 9.60. The van der Waals surface area contributed by atoms with Gasteiger partial charge in [0.2, 0.25) is 0 Å². The fourth-order valence-electron chi connectivity index (χ4n) is 4.50. The summed E-state index contributed by atoms with van der Waals surface area (Å²) in [6, 6.07) is 28.1. The summed E-state index contributed by atoms with van der Waals surface area (Å²) in [6.07, 6.45) is 0.411. The smallest absolute Gasteiger partial charge is 0.269 e. The molecule has 212 valence electrons. The van der Waals surface area contributed by atoms with Crippen LogP contribution >= 0.6 is 35.0 Å². The summed E-state index contributed by atoms with van der Waals surface area (Å²) in [5.41, 5.74) is 4.14. The zero-order valence-electron chi connectivity index (χ0n) is 22.4. The highest BCUT2D eigenvalue weighted by Crippen LogP contribution is 2.30. The van der Waals surface area contributed by atoms with Crippen LogP contribution < -0.4 is 5.32 Å². The minimum absolute atomic E-state index is 0.0330. The number of non-ortho nitro benzene ring substituents is 1. The molecule has 5 aromatic rings. The quantitative estimate of drug-likeness (QED) is 0.0974. The number of aromatic nitrogens is 3. The highest BCUT2D eigenvalue weighted by molar-refractivity contribution is 7.98. The van der Waals surface area contributed by atoms with Gasteiger partial charge in [0, 0.05) is 39.2 Å². The Balaban J connectivity index is 1.56. The second kappa shape index (κ2) is 13.2. The van der Waals surface area contributed by atoms with Crippen LogP contribution in [0.25, 0.3) is 5.69 Å². The van der Waals surface area contributed by atoms with E-state index in [9.17, 15) is 14.9 Å². The van der Waals surface area contributed by atoms with Gasteiger partial charge in [-0.1, -0.05) is 95.1 Å². The van der Waals surface area contributed by atoms with Crippen molar-refractivity contribution in [1.82, 2.24) is 20.1 Å². The molecular formula is C31H25Cl2N5O3S. The molecule has 4 aromatic carbocycles. The third-order valence-corrected chi connectivity index (χ3v) is 7.89. The lowest BCUT2D eigenvalue weighted by Gasteiger charge is -2.20. The summed E-state index contributed by atoms with van der Waals surface area (Å²) < 4.78 is 1.84. The number of rotatable bonds is 10. The molecule has 5 rings (SSSR count). The van der Waals surface area contributed by atoms with Crippen LogP contribution in [0.2, 0.25) is 10.0 Å². The first kappa shape index (κ1) is 29.3. The Hall–Kier alpha value is -4.18. The number of thioether (sulfide) groups is 1. The Bertz CT molecular complexity index is 1710. The molecule has 0 radical (unpaired) electrons. The van der Waals surface area contributed by atoms with Gasteiger partial charge in [0.15, 0.2) is 11.0 Å². The second-order valence-corrected chi connectivity index (χ2v) is 11.4. The molecule has 0 bridgehead atoms. The predicted octanol–water partition coefficient (Wildman–Crippen LogP) is 7.80. The Morgan fingerprint density at radius 2 is 1.62 bits per heavy atom. The first-order valence-corrected chi connectivity index (χ1v) is 14.7. The van der Waals surface area contributed by atoms with Crippen LogP contribution in [0.5, 0.6) is 0 Å². The fraction of sp³-hybridized carbons (Fsp3) is 0.129. The standard InChI is InChI=1S/C31H25Cl2N5O3S/c1-20-6-5-9-22(14-20)19-42-31-36-35-29(37(31)26-10-12-27(13-11-26)38(40)41)28(15-21-7-3-2-4-8-21)34-30(39)23-16-24(32)18-25(33)17-23/h2-14,16-18,28H,15,19H2,1H3,(H,34,39). The molecule has 1 amide bonds. The zero-order chi connectivity index (χ0) is 29.6. The number of nitro groups is 1. The molecule has 1 heterocycles. The van der Waals surface area contributed by atoms with E-state index < -0.39 is 11.0 Å². The van der Waals surface area contributed by atoms with Crippen LogP contribution in [0.4, 0.5) is 5.69 Å². The Kier molecular flexibility index (Phi) is 9.22. The number of nitrogens with zero attached hydrogens (tertiary/aromatic N) is 4. The molecule has 0 saturated carbocycles. The zero-order valence-corrected chi connectivity index (χ0v) is 24.7. The SMILES string of the molecule is Cc1cccc(CSc2nnc(C(Cc3ccccc3)NC(=O)c3cc(Cl)cc(Cl)c3)n2-c2ccc([N+](=O)[O-])cc2)c1. The van der Waals surface area contributed by atoms with E-state index in [0.717, 1.165) is 16.7 Å². The van der Waals surface area contributed by atoms with E-state index in [0.29, 0.717) is 44.5 Å². The molecule has 0 spiro atoms. The Labute approximate surface area is 256 Å². The summed E-state index contributed by atoms with van der Waals surface area (Å²) in [6.45, 7) is 2.04. The molecule has 1 aromatic heterocycles. The summed E-state index contributed by atoms with van der Waals surface area (Å²) >= 11 is 13.8. The third kappa shape index (κ3) is 7.17. The van der Waals surface area contributed by atoms with E-state index in [1.54, 1.807) is 30.3 Å². The monoisotopic (exact) mass is 617 g/mol. The van der Waals surface area contributed by atoms with Gasteiger partial charge in [0.25, 0.3) is 11.6 Å². The number of benzene rings is 4. The van der Waals surface area contributed by atoms with Crippen LogP contribution in [-0.4, -0.2) is 25.6 Å². The van der Waals surface area contributed by atoms with Crippen molar-refractivity contribution >= 4 is 46.6 Å². The van der Waals surface area contributed by atoms with Crippen LogP contribution in [-0.2, 0) is 12.2 Å². The molecular weight excluding hydrogens is 593 g/mol. The Morgan fingerprint density at radius 1 is 0.929 bits per heavy atom. The number of amides is 1. The minimum Gasteiger partial charge on any atom is -0.342 e. The van der Waals surface area contributed by atoms with Crippen LogP contribution in [0.3, 0.4) is 0 Å². The van der Waals surface area contributed by atoms with E-state index >= 15 is 0 Å². The van der Waals surface area contributed by atoms with Crippen molar-refractivity contribution in [2.45, 2.75) is 30.3 Å². The first-order chi connectivity index (χ1) is 20.3. The van der Waals surface area contributed by atoms with Gasteiger partial charge in [-0.2, -0.15) is 0 Å². The lowest BCUT2D eigenvalue weighted by molar-refractivity contribution is -0.384. The lowest BCUT2D eigenvalue weighted by atomic mass is 10.0. The van der Waals surface area contributed by atoms with Gasteiger partial charge >= 0.3 is 0 Å². The number of nitro benzene ring substituents is 1. The summed E-state index contributed by atoms with van der Waals surface area (Å²) in [4.78, 5) is 24.4. The number of hydrogen-bond donors (Lipinski definition) is 1. The average Bonchev–Trinajstić information content (AvgIpc) is 3.40. The van der Waals surface area contributed by atoms with Gasteiger partial charge < -0.3 is 5.32 Å². The van der Waals surface area contributed by atoms with Crippen LogP contribution in [0.1, 0.15) is 38.9 Å². The van der Waals surface area contributed by atoms with Gasteiger partial charge in [-0.25, -0.2) is 0 Å². The van der Waals surface area contributed by atoms with E-state index in [2.05, 4.69) is 21.6 Å². The van der Waals surface area contributed by atoms with E-state index in [4.69, 9.17) is 23.2 Å². The van der Waals surface area contributed by atoms with Crippen molar-refractivity contribution in [3.05, 3.63) is 145 Å². The van der Waals surface area contributed by atoms with Gasteiger partial charge in [-0.15, -0.1) is 10.2 Å². The average molecular weight is 619 g/mol. The molecule has 1 N–H and O–H groups in total. The maximum atomic E-state index is 13.5. The van der Waals surface area contributed by atoms with Crippen LogP contribution in [0, 0.1) is 17.0 Å². The van der Waals surface area contributed by atoms with Gasteiger partial charge in [-0.05, 0) is 54.8 Å². The van der Waals surface area contributed by atoms with Crippen molar-refractivity contribution in [2.24, 2.45) is 0 Å². The number of nitrogens with one attached hydrogen (secondary N) is 1. The molecule has 0 aliphatic carbocycles. The van der Waals surface area contributed by atoms with Crippen molar-refractivity contribution < 1.29 is 9.72 Å². The van der Waals surface area contributed by atoms with E-state index in [-0.39, 0.29) is 11.6 Å². The molecule has 1 atom stereocenters. The maximum absolute atomic E-state index is 13.5. The number of halogens is 2. The first-order valence-electron chi connectivity index (χ1n) is 13.0. The fourth-order valence-corrected chi connectivity index (χ4v) is 5.93. The summed E-state index contributed by atoms with van der Waals surface area (Å²) in [5, 5.41) is 24.8. The number of hydrogen-bond acceptors (Lipinski definition) is 6. The lowest BCUT2D eigenvalue weighted by Crippen LogP contribution is -2.32. The predicted molar refractivity (Wildman–Crippen MR) is 166 cm³/mol. The van der Waals surface area contributed by atoms with Crippen LogP contribution in [0.15, 0.2) is 102 Å². The topological polar surface area (TPSA) is 103 Å². The molecule has 11 heteroatoms. The highest BCUT2D eigenvalue weighted by atomic mass is 35.5. The molecule has 0 saturated heterocycles. The van der Waals surface area contributed by atoms with Gasteiger partial charge in [-0.3, -0.25) is 19.5 Å². The molecule has 0 fully saturated rings. The third-order valence-electron chi connectivity index (χ3n) is 6.45. The number of carbonyl (C=O) groups excluding carboxylic acids is 1. The summed E-state index contributed by atoms with van der Waals surface area (Å²) in [7, 11) is 0. The molecule has 0 aliphatic rings. The largest absolute Gasteiger partial charge is 0.342 e. The minimum atomic E-state index is -0.617. The van der Waals surface area contributed by atoms with Gasteiger partial charge in [0.1, 0.15) is 0 Å². The number of aryl methyl sites for hydroxylation is 1. The molecule has 0 aliphatic heterocycles. The van der Waals surface area contributed by atoms with Crippen molar-refractivity contribution in [2.75, 3.05) is 0 Å². The highest BCUT2D eigenvalue weighted by Gasteiger charge is 2.26. The van der Waals surface area contributed by atoms with Crippen molar-refractivity contribution in [3.63, 3.8) is 0 Å². The van der Waals surface area contributed by atoms with Crippen molar-refractivity contribution in [1.29, 1.82) is 0 Å². The van der Waals surface area contributed by atoms with Gasteiger partial charge in [0.05, 0.1) is 11.0 Å². The Morgan fingerprint density at radius 3 is 2.29 bits per heavy atom. The van der Waals surface area contributed by atoms with E-state index in [1.165, 1.54) is 23.9 Å². The van der Waals surface area contributed by atoms with E-state index in [1.807, 2.05) is 60.0 Å². The number of carbonyl (C=O) groups is 1. The molecule has 8 nitrogen and oxygen atoms in total. The maximum Gasteiger partial charge on any atom is 0.269 e.